The van der Waals surface area contributed by atoms with E-state index in [2.05, 4.69) is 20.5 Å². The number of benzene rings is 2. The van der Waals surface area contributed by atoms with Crippen LogP contribution in [-0.4, -0.2) is 48.0 Å². The van der Waals surface area contributed by atoms with Crippen LogP contribution >= 0.6 is 23.2 Å². The number of piperidine rings is 1. The first kappa shape index (κ1) is 26.3. The lowest BCUT2D eigenvalue weighted by molar-refractivity contribution is 0.0709. The molecule has 0 spiro atoms. The highest BCUT2D eigenvalue weighted by Crippen LogP contribution is 2.32. The molecule has 1 unspecified atom stereocenters. The van der Waals surface area contributed by atoms with Crippen molar-refractivity contribution in [3.63, 3.8) is 0 Å². The van der Waals surface area contributed by atoms with E-state index < -0.39 is 0 Å². The molecule has 3 amide bonds. The lowest BCUT2D eigenvalue weighted by Crippen LogP contribution is -2.45. The Labute approximate surface area is 233 Å². The summed E-state index contributed by atoms with van der Waals surface area (Å²) < 4.78 is 0. The van der Waals surface area contributed by atoms with Crippen molar-refractivity contribution in [2.75, 3.05) is 30.4 Å². The normalized spacial score (nSPS) is 17.4. The fraction of sp³-hybridized carbons (Fsp3) is 0.345. The Morgan fingerprint density at radius 3 is 2.50 bits per heavy atom. The molecule has 198 valence electrons. The van der Waals surface area contributed by atoms with Crippen molar-refractivity contribution in [2.24, 2.45) is 0 Å². The second kappa shape index (κ2) is 11.6. The Morgan fingerprint density at radius 2 is 1.76 bits per heavy atom. The molecule has 38 heavy (non-hydrogen) atoms. The van der Waals surface area contributed by atoms with Gasteiger partial charge < -0.3 is 20.4 Å². The van der Waals surface area contributed by atoms with Gasteiger partial charge in [-0.05, 0) is 85.7 Å². The number of rotatable bonds is 5. The molecule has 1 aliphatic carbocycles. The summed E-state index contributed by atoms with van der Waals surface area (Å²) >= 11 is 12.2. The zero-order valence-electron chi connectivity index (χ0n) is 21.3. The van der Waals surface area contributed by atoms with Crippen LogP contribution in [0.2, 0.25) is 10.0 Å². The number of aromatic nitrogens is 1. The van der Waals surface area contributed by atoms with Gasteiger partial charge in [-0.1, -0.05) is 29.3 Å². The van der Waals surface area contributed by atoms with E-state index >= 15 is 0 Å². The van der Waals surface area contributed by atoms with Crippen LogP contribution in [-0.2, 0) is 6.42 Å². The van der Waals surface area contributed by atoms with Gasteiger partial charge in [0, 0.05) is 54.8 Å². The Balaban J connectivity index is 1.24. The maximum atomic E-state index is 13.5. The molecule has 0 bridgehead atoms. The number of nitrogens with one attached hydrogen (secondary N) is 2. The van der Waals surface area contributed by atoms with Gasteiger partial charge in [0.25, 0.3) is 5.91 Å². The van der Waals surface area contributed by atoms with E-state index in [1.54, 1.807) is 18.2 Å². The maximum Gasteiger partial charge on any atom is 0.319 e. The molecule has 2 aliphatic rings. The van der Waals surface area contributed by atoms with Gasteiger partial charge in [-0.2, -0.15) is 0 Å². The van der Waals surface area contributed by atoms with Crippen LogP contribution < -0.4 is 15.5 Å². The van der Waals surface area contributed by atoms with Gasteiger partial charge in [0.2, 0.25) is 0 Å². The highest BCUT2D eigenvalue weighted by atomic mass is 35.5. The minimum Gasteiger partial charge on any atom is -0.371 e. The molecule has 9 heteroatoms. The van der Waals surface area contributed by atoms with Crippen LogP contribution in [0.4, 0.5) is 16.2 Å². The van der Waals surface area contributed by atoms with E-state index in [4.69, 9.17) is 23.2 Å². The summed E-state index contributed by atoms with van der Waals surface area (Å²) in [5, 5.41) is 6.75. The van der Waals surface area contributed by atoms with Crippen LogP contribution in [0.5, 0.6) is 0 Å². The summed E-state index contributed by atoms with van der Waals surface area (Å²) in [5.74, 6) is 0.0110. The summed E-state index contributed by atoms with van der Waals surface area (Å²) in [6.07, 6.45) is 8.13. The highest BCUT2D eigenvalue weighted by Gasteiger charge is 2.28. The topological polar surface area (TPSA) is 77.6 Å². The van der Waals surface area contributed by atoms with Crippen LogP contribution in [0.25, 0.3) is 0 Å². The van der Waals surface area contributed by atoms with Crippen LogP contribution in [0, 0.1) is 0 Å². The average molecular weight is 553 g/mol. The summed E-state index contributed by atoms with van der Waals surface area (Å²) in [4.78, 5) is 34.6. The zero-order valence-corrected chi connectivity index (χ0v) is 22.8. The Hall–Kier alpha value is -3.29. The summed E-state index contributed by atoms with van der Waals surface area (Å²) in [7, 11) is 1.90. The van der Waals surface area contributed by atoms with E-state index in [9.17, 15) is 9.59 Å². The quantitative estimate of drug-likeness (QED) is 0.388. The molecule has 1 saturated heterocycles. The summed E-state index contributed by atoms with van der Waals surface area (Å²) in [6.45, 7) is 1.80. The van der Waals surface area contributed by atoms with E-state index in [-0.39, 0.29) is 24.0 Å². The van der Waals surface area contributed by atoms with Crippen molar-refractivity contribution < 1.29 is 9.59 Å². The third-order valence-electron chi connectivity index (χ3n) is 7.55. The van der Waals surface area contributed by atoms with E-state index in [0.29, 0.717) is 21.3 Å². The number of hydrogen-bond donors (Lipinski definition) is 2. The molecule has 1 aromatic heterocycles. The Bertz CT molecular complexity index is 1310. The number of hydrogen-bond acceptors (Lipinski definition) is 4. The van der Waals surface area contributed by atoms with Gasteiger partial charge in [0.05, 0.1) is 16.8 Å². The minimum absolute atomic E-state index is 0.0110. The molecule has 0 radical (unpaired) electrons. The van der Waals surface area contributed by atoms with Crippen molar-refractivity contribution in [3.05, 3.63) is 87.7 Å². The van der Waals surface area contributed by atoms with Gasteiger partial charge in [0.1, 0.15) is 0 Å². The number of pyridine rings is 1. The van der Waals surface area contributed by atoms with E-state index in [1.807, 2.05) is 54.7 Å². The molecular weight excluding hydrogens is 521 g/mol. The van der Waals surface area contributed by atoms with Gasteiger partial charge in [-0.15, -0.1) is 0 Å². The minimum atomic E-state index is -0.345. The number of carbonyl (C=O) groups is 2. The molecule has 3 aromatic rings. The summed E-state index contributed by atoms with van der Waals surface area (Å²) in [5.41, 5.74) is 4.47. The van der Waals surface area contributed by atoms with Crippen molar-refractivity contribution in [1.82, 2.24) is 15.2 Å². The van der Waals surface area contributed by atoms with Crippen LogP contribution in [0.1, 0.15) is 53.2 Å². The number of anilines is 2. The molecule has 0 saturated carbocycles. The smallest absolute Gasteiger partial charge is 0.319 e. The lowest BCUT2D eigenvalue weighted by atomic mass is 9.86. The maximum absolute atomic E-state index is 13.5. The predicted molar refractivity (Wildman–Crippen MR) is 152 cm³/mol. The number of halogens is 2. The Kier molecular flexibility index (Phi) is 8.05. The van der Waals surface area contributed by atoms with Gasteiger partial charge in [0.15, 0.2) is 0 Å². The van der Waals surface area contributed by atoms with Gasteiger partial charge in [-0.3, -0.25) is 9.78 Å². The molecule has 1 fully saturated rings. The largest absolute Gasteiger partial charge is 0.371 e. The number of nitrogens with zero attached hydrogens (tertiary/aromatic N) is 3. The molecular formula is C29H31Cl2N5O2. The average Bonchev–Trinajstić information content (AvgIpc) is 2.94. The fourth-order valence-electron chi connectivity index (χ4n) is 5.43. The second-order valence-corrected chi connectivity index (χ2v) is 10.8. The van der Waals surface area contributed by atoms with Crippen molar-refractivity contribution in [1.29, 1.82) is 0 Å². The predicted octanol–water partition coefficient (Wildman–Crippen LogP) is 6.33. The molecule has 1 atom stereocenters. The third kappa shape index (κ3) is 5.89. The van der Waals surface area contributed by atoms with E-state index in [0.717, 1.165) is 56.3 Å². The fourth-order valence-corrected chi connectivity index (χ4v) is 5.88. The van der Waals surface area contributed by atoms with E-state index in [1.165, 1.54) is 5.69 Å². The molecule has 7 nitrogen and oxygen atoms in total. The first-order valence-electron chi connectivity index (χ1n) is 13.0. The van der Waals surface area contributed by atoms with Gasteiger partial charge >= 0.3 is 6.03 Å². The number of amides is 3. The van der Waals surface area contributed by atoms with Crippen molar-refractivity contribution >= 4 is 46.5 Å². The number of urea groups is 1. The van der Waals surface area contributed by atoms with Crippen molar-refractivity contribution in [2.45, 2.75) is 44.2 Å². The standard InChI is InChI=1S/C29H31Cl2N5O2/c1-35(22-11-15-36(16-12-22)23-9-13-32-14-10-23)28(37)20-6-5-19-3-2-4-26(24(19)17-20)33-29(38)34-27-8-7-21(30)18-25(27)31/h5-10,13-14,17-18,22,26H,2-4,11-12,15-16H2,1H3,(H2,33,34,38). The summed E-state index contributed by atoms with van der Waals surface area (Å²) in [6, 6.07) is 14.5. The van der Waals surface area contributed by atoms with Gasteiger partial charge in [-0.25, -0.2) is 4.79 Å². The molecule has 2 aromatic carbocycles. The number of carbonyl (C=O) groups excluding carboxylic acids is 2. The third-order valence-corrected chi connectivity index (χ3v) is 8.10. The number of fused-ring (bicyclic) bond motifs is 1. The molecule has 2 heterocycles. The zero-order chi connectivity index (χ0) is 26.6. The van der Waals surface area contributed by atoms with Crippen LogP contribution in [0.15, 0.2) is 60.9 Å². The highest BCUT2D eigenvalue weighted by molar-refractivity contribution is 6.36. The molecule has 1 aliphatic heterocycles. The Morgan fingerprint density at radius 1 is 1.00 bits per heavy atom. The lowest BCUT2D eigenvalue weighted by Gasteiger charge is -2.38. The number of aryl methyl sites for hydroxylation is 1. The first-order valence-corrected chi connectivity index (χ1v) is 13.7. The first-order chi connectivity index (χ1) is 18.4. The molecule has 5 rings (SSSR count). The van der Waals surface area contributed by atoms with Crippen LogP contribution in [0.3, 0.4) is 0 Å². The molecule has 2 N–H and O–H groups in total. The monoisotopic (exact) mass is 551 g/mol. The second-order valence-electron chi connectivity index (χ2n) is 9.92. The van der Waals surface area contributed by atoms with Crippen molar-refractivity contribution in [3.8, 4) is 0 Å². The SMILES string of the molecule is CN(C(=O)c1ccc2c(c1)C(NC(=O)Nc1ccc(Cl)cc1Cl)CCC2)C1CCN(c2ccncc2)CC1.